The van der Waals surface area contributed by atoms with Gasteiger partial charge in [0.2, 0.25) is 0 Å². The van der Waals surface area contributed by atoms with Crippen molar-refractivity contribution in [3.63, 3.8) is 0 Å². The first kappa shape index (κ1) is 12.4. The predicted molar refractivity (Wildman–Crippen MR) is 79.5 cm³/mol. The summed E-state index contributed by atoms with van der Waals surface area (Å²) in [6.45, 7) is 0.851. The Labute approximate surface area is 123 Å². The molecule has 21 heavy (non-hydrogen) atoms. The van der Waals surface area contributed by atoms with E-state index in [0.717, 1.165) is 18.2 Å². The molecule has 3 heteroatoms. The molecule has 0 aliphatic heterocycles. The molecule has 2 aliphatic carbocycles. The van der Waals surface area contributed by atoms with E-state index >= 15 is 0 Å². The zero-order valence-electron chi connectivity index (χ0n) is 11.5. The van der Waals surface area contributed by atoms with Gasteiger partial charge in [-0.2, -0.15) is 5.26 Å². The van der Waals surface area contributed by atoms with Crippen LogP contribution in [-0.4, -0.2) is 6.54 Å². The minimum atomic E-state index is -0.366. The lowest BCUT2D eigenvalue weighted by Gasteiger charge is -2.11. The van der Waals surface area contributed by atoms with Crippen LogP contribution in [0, 0.1) is 29.0 Å². The summed E-state index contributed by atoms with van der Waals surface area (Å²) in [6, 6.07) is 15.0. The molecule has 0 amide bonds. The van der Waals surface area contributed by atoms with Gasteiger partial charge in [-0.15, -0.1) is 0 Å². The number of nitrogens with one attached hydrogen (secondary N) is 1. The van der Waals surface area contributed by atoms with E-state index in [1.165, 1.54) is 29.7 Å². The fourth-order valence-electron chi connectivity index (χ4n) is 3.75. The van der Waals surface area contributed by atoms with Crippen molar-refractivity contribution in [2.24, 2.45) is 11.8 Å². The molecule has 2 aromatic carbocycles. The van der Waals surface area contributed by atoms with Crippen molar-refractivity contribution >= 4 is 5.69 Å². The summed E-state index contributed by atoms with van der Waals surface area (Å²) < 4.78 is 13.1. The highest BCUT2D eigenvalue weighted by atomic mass is 19.1. The lowest BCUT2D eigenvalue weighted by molar-refractivity contribution is 0.627. The lowest BCUT2D eigenvalue weighted by atomic mass is 10.0. The van der Waals surface area contributed by atoms with Crippen LogP contribution in [0.2, 0.25) is 0 Å². The van der Waals surface area contributed by atoms with E-state index in [1.807, 2.05) is 6.07 Å². The molecular weight excluding hydrogens is 263 g/mol. The van der Waals surface area contributed by atoms with Gasteiger partial charge in [0.1, 0.15) is 11.9 Å². The maximum atomic E-state index is 13.1. The second kappa shape index (κ2) is 4.60. The highest BCUT2D eigenvalue weighted by Gasteiger charge is 2.54. The highest BCUT2D eigenvalue weighted by Crippen LogP contribution is 2.61. The van der Waals surface area contributed by atoms with Crippen LogP contribution in [0.1, 0.15) is 22.6 Å². The number of benzene rings is 2. The molecule has 3 unspecified atom stereocenters. The second-order valence-corrected chi connectivity index (χ2v) is 5.94. The first-order valence-electron chi connectivity index (χ1n) is 7.29. The van der Waals surface area contributed by atoms with Crippen LogP contribution in [0.15, 0.2) is 42.5 Å². The summed E-state index contributed by atoms with van der Waals surface area (Å²) in [5.41, 5.74) is 4.09. The molecule has 0 saturated heterocycles. The van der Waals surface area contributed by atoms with Crippen molar-refractivity contribution in [3.05, 3.63) is 65.0 Å². The fraction of sp³-hybridized carbons (Fsp3) is 0.278. The third-order valence-corrected chi connectivity index (χ3v) is 4.83. The molecule has 0 spiro atoms. The van der Waals surface area contributed by atoms with Gasteiger partial charge in [-0.25, -0.2) is 4.39 Å². The topological polar surface area (TPSA) is 35.8 Å². The summed E-state index contributed by atoms with van der Waals surface area (Å²) in [5, 5.41) is 12.4. The van der Waals surface area contributed by atoms with Gasteiger partial charge in [0.25, 0.3) is 0 Å². The standard InChI is InChI=1S/C18H15FN2/c19-13-5-6-17(12(7-13)9-20)21-10-16-15-8-11-3-1-2-4-14(11)18(15)16/h1-7,15-16,18,21H,8,10H2. The summed E-state index contributed by atoms with van der Waals surface area (Å²) in [6.07, 6.45) is 1.17. The normalized spacial score (nSPS) is 24.9. The predicted octanol–water partition coefficient (Wildman–Crippen LogP) is 3.70. The Bertz CT molecular complexity index is 747. The Balaban J connectivity index is 1.46. The van der Waals surface area contributed by atoms with Crippen LogP contribution in [0.5, 0.6) is 0 Å². The number of rotatable bonds is 3. The van der Waals surface area contributed by atoms with E-state index in [1.54, 1.807) is 6.07 Å². The van der Waals surface area contributed by atoms with E-state index in [-0.39, 0.29) is 5.82 Å². The van der Waals surface area contributed by atoms with Crippen molar-refractivity contribution in [1.29, 1.82) is 5.26 Å². The molecule has 1 saturated carbocycles. The van der Waals surface area contributed by atoms with Crippen molar-refractivity contribution in [2.75, 3.05) is 11.9 Å². The Morgan fingerprint density at radius 3 is 2.95 bits per heavy atom. The number of anilines is 1. The average molecular weight is 278 g/mol. The van der Waals surface area contributed by atoms with Crippen molar-refractivity contribution in [1.82, 2.24) is 0 Å². The third kappa shape index (κ3) is 1.99. The molecule has 1 N–H and O–H groups in total. The molecule has 0 aromatic heterocycles. The summed E-state index contributed by atoms with van der Waals surface area (Å²) in [7, 11) is 0. The molecule has 104 valence electrons. The third-order valence-electron chi connectivity index (χ3n) is 4.83. The van der Waals surface area contributed by atoms with Crippen molar-refractivity contribution in [3.8, 4) is 6.07 Å². The molecular formula is C18H15FN2. The van der Waals surface area contributed by atoms with Gasteiger partial charge in [0, 0.05) is 6.54 Å². The molecule has 2 nitrogen and oxygen atoms in total. The molecule has 2 aliphatic rings. The second-order valence-electron chi connectivity index (χ2n) is 5.94. The molecule has 4 rings (SSSR count). The Kier molecular flexibility index (Phi) is 2.71. The van der Waals surface area contributed by atoms with Gasteiger partial charge in [-0.05, 0) is 53.5 Å². The Morgan fingerprint density at radius 2 is 2.10 bits per heavy atom. The van der Waals surface area contributed by atoms with Crippen LogP contribution in [0.25, 0.3) is 0 Å². The van der Waals surface area contributed by atoms with E-state index in [0.29, 0.717) is 17.4 Å². The molecule has 0 bridgehead atoms. The van der Waals surface area contributed by atoms with Gasteiger partial charge in [0.15, 0.2) is 0 Å². The quantitative estimate of drug-likeness (QED) is 0.929. The molecule has 0 heterocycles. The number of hydrogen-bond donors (Lipinski definition) is 1. The SMILES string of the molecule is N#Cc1cc(F)ccc1NCC1C2Cc3ccccc3C12. The fourth-order valence-corrected chi connectivity index (χ4v) is 3.75. The van der Waals surface area contributed by atoms with E-state index < -0.39 is 0 Å². The lowest BCUT2D eigenvalue weighted by Crippen LogP contribution is -2.09. The van der Waals surface area contributed by atoms with E-state index in [9.17, 15) is 4.39 Å². The smallest absolute Gasteiger partial charge is 0.124 e. The zero-order chi connectivity index (χ0) is 14.4. The largest absolute Gasteiger partial charge is 0.384 e. The van der Waals surface area contributed by atoms with E-state index in [2.05, 4.69) is 29.6 Å². The average Bonchev–Trinajstić information content (AvgIpc) is 3.04. The molecule has 0 radical (unpaired) electrons. The van der Waals surface area contributed by atoms with Gasteiger partial charge in [-0.1, -0.05) is 24.3 Å². The van der Waals surface area contributed by atoms with Gasteiger partial charge >= 0.3 is 0 Å². The monoisotopic (exact) mass is 278 g/mol. The summed E-state index contributed by atoms with van der Waals surface area (Å²) in [5.74, 6) is 1.67. The van der Waals surface area contributed by atoms with Crippen LogP contribution < -0.4 is 5.32 Å². The minimum Gasteiger partial charge on any atom is -0.384 e. The minimum absolute atomic E-state index is 0.366. The summed E-state index contributed by atoms with van der Waals surface area (Å²) >= 11 is 0. The van der Waals surface area contributed by atoms with Crippen LogP contribution in [0.4, 0.5) is 10.1 Å². The van der Waals surface area contributed by atoms with Gasteiger partial charge in [0.05, 0.1) is 11.3 Å². The number of nitrogens with zero attached hydrogens (tertiary/aromatic N) is 1. The van der Waals surface area contributed by atoms with E-state index in [4.69, 9.17) is 5.26 Å². The van der Waals surface area contributed by atoms with Crippen LogP contribution in [0.3, 0.4) is 0 Å². The maximum absolute atomic E-state index is 13.1. The zero-order valence-corrected chi connectivity index (χ0v) is 11.5. The summed E-state index contributed by atoms with van der Waals surface area (Å²) in [4.78, 5) is 0. The van der Waals surface area contributed by atoms with Crippen LogP contribution in [-0.2, 0) is 6.42 Å². The molecule has 3 atom stereocenters. The first-order chi connectivity index (χ1) is 10.3. The molecule has 2 aromatic rings. The highest BCUT2D eigenvalue weighted by molar-refractivity contribution is 5.58. The Morgan fingerprint density at radius 1 is 1.24 bits per heavy atom. The van der Waals surface area contributed by atoms with Crippen LogP contribution >= 0.6 is 0 Å². The van der Waals surface area contributed by atoms with Gasteiger partial charge in [-0.3, -0.25) is 0 Å². The van der Waals surface area contributed by atoms with Crippen molar-refractivity contribution < 1.29 is 4.39 Å². The van der Waals surface area contributed by atoms with Crippen molar-refractivity contribution in [2.45, 2.75) is 12.3 Å². The number of hydrogen-bond acceptors (Lipinski definition) is 2. The number of fused-ring (bicyclic) bond motifs is 3. The molecule has 1 fully saturated rings. The van der Waals surface area contributed by atoms with Gasteiger partial charge < -0.3 is 5.32 Å². The number of nitriles is 1. The first-order valence-corrected chi connectivity index (χ1v) is 7.29. The Hall–Kier alpha value is -2.34. The number of halogens is 1. The maximum Gasteiger partial charge on any atom is 0.124 e.